The molecule has 1 heterocycles. The lowest BCUT2D eigenvalue weighted by atomic mass is 9.89. The molecule has 0 bridgehead atoms. The van der Waals surface area contributed by atoms with E-state index in [0.717, 1.165) is 32.1 Å². The van der Waals surface area contributed by atoms with Crippen molar-refractivity contribution < 1.29 is 30.4 Å². The monoisotopic (exact) mass is 533 g/mol. The van der Waals surface area contributed by atoms with Crippen LogP contribution >= 0.6 is 0 Å². The van der Waals surface area contributed by atoms with E-state index in [2.05, 4.69) is 9.46 Å². The Kier molecular flexibility index (Phi) is 8.00. The number of sulfonamides is 2. The molecule has 3 rings (SSSR count). The minimum absolute atomic E-state index is 0.0641. The van der Waals surface area contributed by atoms with Crippen LogP contribution in [0.25, 0.3) is 11.3 Å². The molecule has 1 aromatic carbocycles. The van der Waals surface area contributed by atoms with Crippen LogP contribution in [0.4, 0.5) is 8.78 Å². The van der Waals surface area contributed by atoms with Gasteiger partial charge in [-0.1, -0.05) is 25.3 Å². The van der Waals surface area contributed by atoms with Crippen molar-refractivity contribution in [3.05, 3.63) is 30.0 Å². The number of nitrogens with one attached hydrogen (secondary N) is 1. The maximum atomic E-state index is 13.2. The highest BCUT2D eigenvalue weighted by Crippen LogP contribution is 2.36. The maximum Gasteiger partial charge on any atom is 0.387 e. The summed E-state index contributed by atoms with van der Waals surface area (Å²) in [6.45, 7) is 3.80. The predicted molar refractivity (Wildman–Crippen MR) is 129 cm³/mol. The topological polar surface area (TPSA) is 120 Å². The van der Waals surface area contributed by atoms with Gasteiger partial charge in [-0.15, -0.1) is 0 Å². The number of halogens is 2. The van der Waals surface area contributed by atoms with Crippen molar-refractivity contribution in [1.82, 2.24) is 9.29 Å². The zero-order valence-electron chi connectivity index (χ0n) is 20.3. The van der Waals surface area contributed by atoms with E-state index in [1.165, 1.54) is 24.3 Å². The Labute approximate surface area is 206 Å². The highest BCUT2D eigenvalue weighted by atomic mass is 32.2. The van der Waals surface area contributed by atoms with Gasteiger partial charge >= 0.3 is 6.61 Å². The largest absolute Gasteiger partial charge is 0.433 e. The molecule has 0 unspecified atom stereocenters. The van der Waals surface area contributed by atoms with Gasteiger partial charge in [0.05, 0.1) is 0 Å². The summed E-state index contributed by atoms with van der Waals surface area (Å²) in [4.78, 5) is -0.504. The zero-order valence-corrected chi connectivity index (χ0v) is 22.0. The minimum atomic E-state index is -4.18. The van der Waals surface area contributed by atoms with Gasteiger partial charge in [0.25, 0.3) is 0 Å². The van der Waals surface area contributed by atoms with E-state index in [9.17, 15) is 25.6 Å². The van der Waals surface area contributed by atoms with Crippen molar-refractivity contribution in [2.75, 3.05) is 0 Å². The first kappa shape index (κ1) is 27.6. The van der Waals surface area contributed by atoms with Crippen molar-refractivity contribution in [2.45, 2.75) is 88.3 Å². The first-order chi connectivity index (χ1) is 16.1. The van der Waals surface area contributed by atoms with Crippen LogP contribution in [-0.4, -0.2) is 33.6 Å². The molecular weight excluding hydrogens is 500 g/mol. The summed E-state index contributed by atoms with van der Waals surface area (Å²) in [5.41, 5.74) is 0.360. The fraction of sp³-hybridized carbons (Fsp3) is 0.565. The van der Waals surface area contributed by atoms with Gasteiger partial charge in [-0.2, -0.15) is 8.78 Å². The van der Waals surface area contributed by atoms with Crippen LogP contribution in [0.2, 0.25) is 0 Å². The molecule has 0 aliphatic heterocycles. The molecule has 0 saturated heterocycles. The van der Waals surface area contributed by atoms with Crippen LogP contribution in [0, 0.1) is 12.8 Å². The molecular formula is C23H33F2N3O5S2. The molecule has 1 aliphatic rings. The second kappa shape index (κ2) is 10.2. The Morgan fingerprint density at radius 2 is 1.71 bits per heavy atom. The van der Waals surface area contributed by atoms with Gasteiger partial charge in [0.2, 0.25) is 20.0 Å². The van der Waals surface area contributed by atoms with E-state index in [1.807, 2.05) is 4.57 Å². The number of hydrogen-bond acceptors (Lipinski definition) is 5. The SMILES string of the molecule is Cc1c(S(N)(=O)=O)cc(-c2ccc(S(=O)(=O)NC(C)(C)C)c(OC(F)F)c2)n1CC1CCCCC1. The molecule has 1 aromatic heterocycles. The standard InChI is InChI=1S/C23H33F2N3O5S2/c1-15-21(34(26,29)30)13-18(28(15)14-16-8-6-5-7-9-16)17-10-11-20(19(12-17)33-22(24)25)35(31,32)27-23(2,3)4/h10-13,16,22,27H,5-9,14H2,1-4H3,(H2,26,29,30). The number of nitrogens with two attached hydrogens (primary N) is 1. The number of primary sulfonamides is 1. The molecule has 196 valence electrons. The van der Waals surface area contributed by atoms with Gasteiger partial charge < -0.3 is 9.30 Å². The lowest BCUT2D eigenvalue weighted by Gasteiger charge is -2.24. The maximum absolute atomic E-state index is 13.2. The van der Waals surface area contributed by atoms with E-state index < -0.39 is 42.8 Å². The summed E-state index contributed by atoms with van der Waals surface area (Å²) in [6, 6.07) is 5.23. The van der Waals surface area contributed by atoms with Crippen molar-refractivity contribution in [1.29, 1.82) is 0 Å². The second-order valence-electron chi connectivity index (χ2n) is 10.0. The minimum Gasteiger partial charge on any atom is -0.433 e. The smallest absolute Gasteiger partial charge is 0.387 e. The van der Waals surface area contributed by atoms with Crippen LogP contribution in [0.1, 0.15) is 58.6 Å². The fourth-order valence-corrected chi connectivity index (χ4v) is 6.88. The summed E-state index contributed by atoms with van der Waals surface area (Å²) >= 11 is 0. The molecule has 8 nitrogen and oxygen atoms in total. The molecule has 3 N–H and O–H groups in total. The van der Waals surface area contributed by atoms with Crippen molar-refractivity contribution in [3.63, 3.8) is 0 Å². The fourth-order valence-electron chi connectivity index (χ4n) is 4.55. The molecule has 12 heteroatoms. The highest BCUT2D eigenvalue weighted by molar-refractivity contribution is 7.89. The first-order valence-corrected chi connectivity index (χ1v) is 14.5. The average Bonchev–Trinajstić information content (AvgIpc) is 3.03. The molecule has 0 atom stereocenters. The van der Waals surface area contributed by atoms with Gasteiger partial charge in [-0.3, -0.25) is 0 Å². The second-order valence-corrected chi connectivity index (χ2v) is 13.2. The Morgan fingerprint density at radius 3 is 2.26 bits per heavy atom. The Bertz CT molecular complexity index is 1280. The van der Waals surface area contributed by atoms with Crippen LogP contribution in [-0.2, 0) is 26.6 Å². The van der Waals surface area contributed by atoms with Crippen LogP contribution < -0.4 is 14.6 Å². The normalized spacial score (nSPS) is 16.1. The highest BCUT2D eigenvalue weighted by Gasteiger charge is 2.28. The van der Waals surface area contributed by atoms with Gasteiger partial charge in [0.15, 0.2) is 0 Å². The Morgan fingerprint density at radius 1 is 1.09 bits per heavy atom. The number of nitrogens with zero attached hydrogens (tertiary/aromatic N) is 1. The third kappa shape index (κ3) is 6.81. The van der Waals surface area contributed by atoms with E-state index in [-0.39, 0.29) is 4.90 Å². The first-order valence-electron chi connectivity index (χ1n) is 11.4. The summed E-state index contributed by atoms with van der Waals surface area (Å²) in [5.74, 6) is -0.205. The summed E-state index contributed by atoms with van der Waals surface area (Å²) < 4.78 is 85.5. The third-order valence-corrected chi connectivity index (χ3v) is 8.80. The van der Waals surface area contributed by atoms with Crippen molar-refractivity contribution >= 4 is 20.0 Å². The van der Waals surface area contributed by atoms with Crippen molar-refractivity contribution in [2.24, 2.45) is 11.1 Å². The van der Waals surface area contributed by atoms with Gasteiger partial charge in [-0.25, -0.2) is 26.7 Å². The summed E-state index contributed by atoms with van der Waals surface area (Å²) in [5, 5.41) is 5.43. The predicted octanol–water partition coefficient (Wildman–Crippen LogP) is 4.37. The van der Waals surface area contributed by atoms with Crippen LogP contribution in [0.5, 0.6) is 5.75 Å². The van der Waals surface area contributed by atoms with E-state index in [0.29, 0.717) is 29.4 Å². The molecule has 1 aliphatic carbocycles. The van der Waals surface area contributed by atoms with E-state index in [1.54, 1.807) is 27.7 Å². The number of hydrogen-bond donors (Lipinski definition) is 2. The van der Waals surface area contributed by atoms with Crippen molar-refractivity contribution in [3.8, 4) is 17.0 Å². The molecule has 35 heavy (non-hydrogen) atoms. The number of benzene rings is 1. The Hall–Kier alpha value is -2.02. The van der Waals surface area contributed by atoms with E-state index >= 15 is 0 Å². The molecule has 0 amide bonds. The lowest BCUT2D eigenvalue weighted by molar-refractivity contribution is -0.0517. The van der Waals surface area contributed by atoms with Gasteiger partial charge in [-0.05, 0) is 64.7 Å². The number of aromatic nitrogens is 1. The van der Waals surface area contributed by atoms with Crippen LogP contribution in [0.3, 0.4) is 0 Å². The summed E-state index contributed by atoms with van der Waals surface area (Å²) in [7, 11) is -8.23. The molecule has 0 spiro atoms. The summed E-state index contributed by atoms with van der Waals surface area (Å²) in [6.07, 6.45) is 5.32. The van der Waals surface area contributed by atoms with Gasteiger partial charge in [0.1, 0.15) is 15.5 Å². The zero-order chi connectivity index (χ0) is 26.2. The number of rotatable bonds is 8. The quantitative estimate of drug-likeness (QED) is 0.522. The van der Waals surface area contributed by atoms with Gasteiger partial charge in [0, 0.05) is 29.0 Å². The molecule has 2 aromatic rings. The number of alkyl halides is 2. The van der Waals surface area contributed by atoms with Crippen LogP contribution in [0.15, 0.2) is 34.1 Å². The van der Waals surface area contributed by atoms with E-state index in [4.69, 9.17) is 5.14 Å². The molecule has 1 saturated carbocycles. The Balaban J connectivity index is 2.16. The average molecular weight is 534 g/mol. The number of ether oxygens (including phenoxy) is 1. The third-order valence-electron chi connectivity index (χ3n) is 5.98. The molecule has 1 fully saturated rings. The molecule has 0 radical (unpaired) electrons. The lowest BCUT2D eigenvalue weighted by Crippen LogP contribution is -2.40.